The van der Waals surface area contributed by atoms with E-state index >= 15 is 0 Å². The van der Waals surface area contributed by atoms with E-state index in [0.717, 1.165) is 23.3 Å². The fourth-order valence-electron chi connectivity index (χ4n) is 3.45. The molecule has 1 aliphatic carbocycles. The number of alkyl halides is 3. The van der Waals surface area contributed by atoms with Crippen LogP contribution in [-0.4, -0.2) is 25.3 Å². The molecule has 0 aliphatic heterocycles. The van der Waals surface area contributed by atoms with Gasteiger partial charge in [0.05, 0.1) is 16.2 Å². The lowest BCUT2D eigenvalue weighted by Gasteiger charge is -2.25. The minimum absolute atomic E-state index is 0.252. The second kappa shape index (κ2) is 7.56. The number of hydrogen-bond donors (Lipinski definition) is 2. The highest BCUT2D eigenvalue weighted by Gasteiger charge is 2.32. The first-order valence-electron chi connectivity index (χ1n) is 8.56. The Labute approximate surface area is 160 Å². The summed E-state index contributed by atoms with van der Waals surface area (Å²) in [5, 5.41) is 8.74. The minimum Gasteiger partial charge on any atom is -0.288 e. The number of hydrogen-bond acceptors (Lipinski definition) is 4. The molecule has 2 aromatic rings. The topological polar surface area (TPSA) is 83.5 Å². The molecule has 2 N–H and O–H groups in total. The molecule has 0 aromatic heterocycles. The Morgan fingerprint density at radius 1 is 1.14 bits per heavy atom. The SMILES string of the molecule is O=C(NO)c1ccc2c(c1)CC(CS(=O)(=O)c1cccc(C(F)(F)F)c1)CC2. The third-order valence-corrected chi connectivity index (χ3v) is 6.76. The molecule has 1 atom stereocenters. The monoisotopic (exact) mass is 413 g/mol. The van der Waals surface area contributed by atoms with Crippen molar-refractivity contribution in [1.29, 1.82) is 0 Å². The van der Waals surface area contributed by atoms with Crippen molar-refractivity contribution in [2.75, 3.05) is 5.75 Å². The molecule has 0 spiro atoms. The predicted octanol–water partition coefficient (Wildman–Crippen LogP) is 3.40. The maximum atomic E-state index is 12.9. The van der Waals surface area contributed by atoms with Crippen LogP contribution in [-0.2, 0) is 28.9 Å². The van der Waals surface area contributed by atoms with Gasteiger partial charge >= 0.3 is 6.18 Å². The van der Waals surface area contributed by atoms with Gasteiger partial charge in [0.15, 0.2) is 9.84 Å². The first-order valence-corrected chi connectivity index (χ1v) is 10.2. The normalized spacial score (nSPS) is 17.1. The Kier molecular flexibility index (Phi) is 5.49. The largest absolute Gasteiger partial charge is 0.416 e. The maximum Gasteiger partial charge on any atom is 0.416 e. The van der Waals surface area contributed by atoms with Crippen LogP contribution in [0, 0.1) is 5.92 Å². The zero-order valence-corrected chi connectivity index (χ0v) is 15.5. The van der Waals surface area contributed by atoms with Crippen molar-refractivity contribution in [3.8, 4) is 0 Å². The molecule has 1 unspecified atom stereocenters. The quantitative estimate of drug-likeness (QED) is 0.595. The summed E-state index contributed by atoms with van der Waals surface area (Å²) in [6, 6.07) is 8.70. The lowest BCUT2D eigenvalue weighted by molar-refractivity contribution is -0.137. The molecule has 0 fully saturated rings. The summed E-state index contributed by atoms with van der Waals surface area (Å²) in [5.41, 5.74) is 2.59. The van der Waals surface area contributed by atoms with Gasteiger partial charge in [-0.3, -0.25) is 10.0 Å². The number of amides is 1. The van der Waals surface area contributed by atoms with E-state index in [2.05, 4.69) is 0 Å². The van der Waals surface area contributed by atoms with Gasteiger partial charge in [-0.25, -0.2) is 13.9 Å². The molecular formula is C19H18F3NO4S. The zero-order chi connectivity index (χ0) is 20.5. The van der Waals surface area contributed by atoms with Gasteiger partial charge in [-0.05, 0) is 66.6 Å². The van der Waals surface area contributed by atoms with Gasteiger partial charge in [0.2, 0.25) is 0 Å². The van der Waals surface area contributed by atoms with Crippen LogP contribution in [0.5, 0.6) is 0 Å². The number of hydroxylamine groups is 1. The van der Waals surface area contributed by atoms with Crippen LogP contribution >= 0.6 is 0 Å². The molecule has 28 heavy (non-hydrogen) atoms. The fourth-order valence-corrected chi connectivity index (χ4v) is 5.14. The van der Waals surface area contributed by atoms with E-state index in [0.29, 0.717) is 25.3 Å². The molecule has 5 nitrogen and oxygen atoms in total. The van der Waals surface area contributed by atoms with Crippen molar-refractivity contribution in [1.82, 2.24) is 5.48 Å². The summed E-state index contributed by atoms with van der Waals surface area (Å²) >= 11 is 0. The standard InChI is InChI=1S/C19H18F3NO4S/c20-19(21,22)16-2-1-3-17(10-16)28(26,27)11-12-4-5-13-6-7-14(18(24)23-25)9-15(13)8-12/h1-3,6-7,9-10,12,25H,4-5,8,11H2,(H,23,24). The van der Waals surface area contributed by atoms with E-state index in [4.69, 9.17) is 5.21 Å². The van der Waals surface area contributed by atoms with Crippen LogP contribution in [0.3, 0.4) is 0 Å². The molecule has 9 heteroatoms. The summed E-state index contributed by atoms with van der Waals surface area (Å²) < 4.78 is 63.9. The molecule has 0 saturated carbocycles. The van der Waals surface area contributed by atoms with Crippen molar-refractivity contribution in [3.05, 3.63) is 64.7 Å². The molecular weight excluding hydrogens is 395 g/mol. The molecule has 3 rings (SSSR count). The van der Waals surface area contributed by atoms with Crippen LogP contribution in [0.1, 0.15) is 33.5 Å². The molecule has 0 bridgehead atoms. The van der Waals surface area contributed by atoms with Gasteiger partial charge < -0.3 is 0 Å². The molecule has 0 saturated heterocycles. The Bertz CT molecular complexity index is 1000. The van der Waals surface area contributed by atoms with Crippen molar-refractivity contribution < 1.29 is 31.6 Å². The van der Waals surface area contributed by atoms with Crippen LogP contribution in [0.25, 0.3) is 0 Å². The van der Waals surface area contributed by atoms with Crippen molar-refractivity contribution >= 4 is 15.7 Å². The molecule has 1 aliphatic rings. The molecule has 0 radical (unpaired) electrons. The average Bonchev–Trinajstić information content (AvgIpc) is 2.66. The Morgan fingerprint density at radius 3 is 2.57 bits per heavy atom. The van der Waals surface area contributed by atoms with Crippen LogP contribution < -0.4 is 5.48 Å². The highest BCUT2D eigenvalue weighted by Crippen LogP contribution is 2.32. The fraction of sp³-hybridized carbons (Fsp3) is 0.316. The smallest absolute Gasteiger partial charge is 0.288 e. The van der Waals surface area contributed by atoms with E-state index in [1.54, 1.807) is 23.7 Å². The van der Waals surface area contributed by atoms with Gasteiger partial charge in [0.1, 0.15) is 0 Å². The van der Waals surface area contributed by atoms with Crippen molar-refractivity contribution in [2.45, 2.75) is 30.3 Å². The number of halogens is 3. The van der Waals surface area contributed by atoms with Crippen LogP contribution in [0.15, 0.2) is 47.4 Å². The van der Waals surface area contributed by atoms with E-state index in [-0.39, 0.29) is 22.1 Å². The summed E-state index contributed by atoms with van der Waals surface area (Å²) in [6.45, 7) is 0. The molecule has 0 heterocycles. The second-order valence-corrected chi connectivity index (χ2v) is 8.87. The number of carbonyl (C=O) groups is 1. The predicted molar refractivity (Wildman–Crippen MR) is 94.7 cm³/mol. The number of aryl methyl sites for hydroxylation is 1. The Hall–Kier alpha value is -2.39. The van der Waals surface area contributed by atoms with Crippen LogP contribution in [0.2, 0.25) is 0 Å². The number of nitrogens with one attached hydrogen (secondary N) is 1. The van der Waals surface area contributed by atoms with Crippen molar-refractivity contribution in [3.63, 3.8) is 0 Å². The highest BCUT2D eigenvalue weighted by molar-refractivity contribution is 7.91. The van der Waals surface area contributed by atoms with Crippen molar-refractivity contribution in [2.24, 2.45) is 5.92 Å². The third kappa shape index (κ3) is 4.36. The van der Waals surface area contributed by atoms with Gasteiger partial charge in [-0.1, -0.05) is 12.1 Å². The second-order valence-electron chi connectivity index (χ2n) is 6.84. The lowest BCUT2D eigenvalue weighted by Crippen LogP contribution is -2.24. The number of fused-ring (bicyclic) bond motifs is 1. The summed E-state index contributed by atoms with van der Waals surface area (Å²) in [6.07, 6.45) is -3.03. The van der Waals surface area contributed by atoms with E-state index in [1.807, 2.05) is 0 Å². The van der Waals surface area contributed by atoms with E-state index in [1.165, 1.54) is 6.07 Å². The maximum absolute atomic E-state index is 12.9. The van der Waals surface area contributed by atoms with Gasteiger partial charge in [0.25, 0.3) is 5.91 Å². The van der Waals surface area contributed by atoms with Gasteiger partial charge in [-0.15, -0.1) is 0 Å². The first-order chi connectivity index (χ1) is 13.1. The van der Waals surface area contributed by atoms with E-state index < -0.39 is 27.5 Å². The molecule has 150 valence electrons. The van der Waals surface area contributed by atoms with Gasteiger partial charge in [0, 0.05) is 5.56 Å². The molecule has 1 amide bonds. The van der Waals surface area contributed by atoms with Gasteiger partial charge in [-0.2, -0.15) is 13.2 Å². The lowest BCUT2D eigenvalue weighted by atomic mass is 9.84. The zero-order valence-electron chi connectivity index (χ0n) is 14.7. The minimum atomic E-state index is -4.61. The first kappa shape index (κ1) is 20.3. The Balaban J connectivity index is 1.80. The number of carbonyl (C=O) groups excluding carboxylic acids is 1. The number of sulfone groups is 1. The van der Waals surface area contributed by atoms with E-state index in [9.17, 15) is 26.4 Å². The third-order valence-electron chi connectivity index (χ3n) is 4.88. The van der Waals surface area contributed by atoms with Crippen LogP contribution in [0.4, 0.5) is 13.2 Å². The average molecular weight is 413 g/mol. The molecule has 2 aromatic carbocycles. The summed E-state index contributed by atoms with van der Waals surface area (Å²) in [4.78, 5) is 11.2. The number of benzene rings is 2. The number of rotatable bonds is 4. The summed E-state index contributed by atoms with van der Waals surface area (Å²) in [5.74, 6) is -1.22. The summed E-state index contributed by atoms with van der Waals surface area (Å²) in [7, 11) is -3.90. The highest BCUT2D eigenvalue weighted by atomic mass is 32.2. The Morgan fingerprint density at radius 2 is 1.89 bits per heavy atom.